The van der Waals surface area contributed by atoms with E-state index in [2.05, 4.69) is 18.2 Å². The lowest BCUT2D eigenvalue weighted by Gasteiger charge is -2.17. The lowest BCUT2D eigenvalue weighted by molar-refractivity contribution is -0.125. The Morgan fingerprint density at radius 1 is 1.22 bits per heavy atom. The monoisotopic (exact) mass is 360 g/mol. The number of nitrogens with zero attached hydrogens (tertiary/aromatic N) is 2. The summed E-state index contributed by atoms with van der Waals surface area (Å²) in [6.07, 6.45) is 2.70. The first kappa shape index (κ1) is 18.7. The first-order chi connectivity index (χ1) is 13.1. The molecule has 4 heteroatoms. The third-order valence-electron chi connectivity index (χ3n) is 5.16. The average Bonchev–Trinajstić information content (AvgIpc) is 3.22. The van der Waals surface area contributed by atoms with Crippen molar-refractivity contribution < 1.29 is 9.53 Å². The summed E-state index contributed by atoms with van der Waals surface area (Å²) in [6.45, 7) is 3.34. The molecular formula is C23H24N2O2. The zero-order chi connectivity index (χ0) is 19.2. The molecule has 3 rings (SSSR count). The highest BCUT2D eigenvalue weighted by Crippen LogP contribution is 2.28. The molecule has 138 valence electrons. The van der Waals surface area contributed by atoms with Gasteiger partial charge in [-0.1, -0.05) is 55.5 Å². The van der Waals surface area contributed by atoms with E-state index in [0.717, 1.165) is 17.7 Å². The van der Waals surface area contributed by atoms with Crippen molar-refractivity contribution in [3.63, 3.8) is 0 Å². The topological polar surface area (TPSA) is 53.3 Å². The van der Waals surface area contributed by atoms with Crippen molar-refractivity contribution in [1.29, 1.82) is 5.26 Å². The second kappa shape index (κ2) is 8.55. The Kier molecular flexibility index (Phi) is 5.93. The lowest BCUT2D eigenvalue weighted by atomic mass is 9.98. The summed E-state index contributed by atoms with van der Waals surface area (Å²) in [7, 11) is 1.63. The zero-order valence-electron chi connectivity index (χ0n) is 15.8. The maximum atomic E-state index is 12.8. The van der Waals surface area contributed by atoms with E-state index < -0.39 is 0 Å². The van der Waals surface area contributed by atoms with E-state index in [9.17, 15) is 10.1 Å². The van der Waals surface area contributed by atoms with Gasteiger partial charge in [0.15, 0.2) is 0 Å². The summed E-state index contributed by atoms with van der Waals surface area (Å²) in [5, 5.41) is 9.53. The highest BCUT2D eigenvalue weighted by molar-refractivity contribution is 5.97. The van der Waals surface area contributed by atoms with Crippen LogP contribution in [0.15, 0.2) is 66.2 Å². The minimum atomic E-state index is -0.170. The normalized spacial score (nSPS) is 18.0. The number of ether oxygens (including phenoxy) is 1. The van der Waals surface area contributed by atoms with E-state index in [0.29, 0.717) is 19.0 Å². The molecule has 0 N–H and O–H groups in total. The Bertz CT molecular complexity index is 850. The van der Waals surface area contributed by atoms with Gasteiger partial charge in [0.25, 0.3) is 5.91 Å². The maximum Gasteiger partial charge on any atom is 0.264 e. The van der Waals surface area contributed by atoms with Crippen molar-refractivity contribution in [2.45, 2.75) is 25.2 Å². The minimum Gasteiger partial charge on any atom is -0.497 e. The summed E-state index contributed by atoms with van der Waals surface area (Å²) in [6, 6.07) is 20.0. The molecule has 0 saturated carbocycles. The fraction of sp³-hybridized carbons (Fsp3) is 0.304. The molecule has 1 saturated heterocycles. The van der Waals surface area contributed by atoms with E-state index in [1.807, 2.05) is 49.4 Å². The first-order valence-electron chi connectivity index (χ1n) is 9.22. The smallest absolute Gasteiger partial charge is 0.264 e. The van der Waals surface area contributed by atoms with Gasteiger partial charge in [0, 0.05) is 24.9 Å². The van der Waals surface area contributed by atoms with Crippen LogP contribution in [0, 0.1) is 11.3 Å². The van der Waals surface area contributed by atoms with E-state index in [1.165, 1.54) is 5.56 Å². The zero-order valence-corrected chi connectivity index (χ0v) is 15.8. The van der Waals surface area contributed by atoms with Gasteiger partial charge in [-0.2, -0.15) is 5.26 Å². The van der Waals surface area contributed by atoms with Gasteiger partial charge < -0.3 is 9.64 Å². The second-order valence-electron chi connectivity index (χ2n) is 6.90. The Hall–Kier alpha value is -3.06. The second-order valence-corrected chi connectivity index (χ2v) is 6.90. The first-order valence-corrected chi connectivity index (χ1v) is 9.22. The van der Waals surface area contributed by atoms with Crippen LogP contribution in [0.25, 0.3) is 0 Å². The van der Waals surface area contributed by atoms with Gasteiger partial charge in [0.2, 0.25) is 0 Å². The Morgan fingerprint density at radius 2 is 1.93 bits per heavy atom. The third-order valence-corrected chi connectivity index (χ3v) is 5.16. The van der Waals surface area contributed by atoms with Crippen molar-refractivity contribution in [3.8, 4) is 11.8 Å². The quantitative estimate of drug-likeness (QED) is 0.591. The molecule has 1 fully saturated rings. The van der Waals surface area contributed by atoms with Crippen LogP contribution in [-0.4, -0.2) is 31.0 Å². The molecule has 2 atom stereocenters. The van der Waals surface area contributed by atoms with Gasteiger partial charge in [-0.05, 0) is 29.7 Å². The van der Waals surface area contributed by atoms with Crippen LogP contribution in [0.2, 0.25) is 0 Å². The highest BCUT2D eigenvalue weighted by atomic mass is 16.5. The Morgan fingerprint density at radius 3 is 2.56 bits per heavy atom. The van der Waals surface area contributed by atoms with Crippen LogP contribution < -0.4 is 4.74 Å². The highest BCUT2D eigenvalue weighted by Gasteiger charge is 2.29. The summed E-state index contributed by atoms with van der Waals surface area (Å²) < 4.78 is 5.17. The van der Waals surface area contributed by atoms with E-state index in [1.54, 1.807) is 18.1 Å². The SMILES string of the molecule is COc1ccc(C(C)/C=C(\C#N)C(=O)N2CCC(c3ccccc3)C2)cc1. The number of allylic oxidation sites excluding steroid dienone is 1. The van der Waals surface area contributed by atoms with Crippen LogP contribution in [0.5, 0.6) is 5.75 Å². The molecule has 1 aliphatic rings. The molecule has 0 bridgehead atoms. The number of benzene rings is 2. The summed E-state index contributed by atoms with van der Waals surface area (Å²) in [4.78, 5) is 14.6. The number of hydrogen-bond donors (Lipinski definition) is 0. The maximum absolute atomic E-state index is 12.8. The molecular weight excluding hydrogens is 336 g/mol. The van der Waals surface area contributed by atoms with Gasteiger partial charge in [0.05, 0.1) is 7.11 Å². The molecule has 2 aromatic rings. The third kappa shape index (κ3) is 4.38. The Labute approximate surface area is 160 Å². The van der Waals surface area contributed by atoms with E-state index in [-0.39, 0.29) is 17.4 Å². The lowest BCUT2D eigenvalue weighted by Crippen LogP contribution is -2.29. The van der Waals surface area contributed by atoms with Crippen molar-refractivity contribution in [2.75, 3.05) is 20.2 Å². The van der Waals surface area contributed by atoms with Crippen LogP contribution in [-0.2, 0) is 4.79 Å². The van der Waals surface area contributed by atoms with Gasteiger partial charge in [0.1, 0.15) is 17.4 Å². The molecule has 0 aliphatic carbocycles. The molecule has 27 heavy (non-hydrogen) atoms. The summed E-state index contributed by atoms with van der Waals surface area (Å²) in [5.74, 6) is 0.933. The number of hydrogen-bond acceptors (Lipinski definition) is 3. The van der Waals surface area contributed by atoms with Crippen molar-refractivity contribution in [1.82, 2.24) is 4.90 Å². The standard InChI is InChI=1S/C23H24N2O2/c1-17(18-8-10-22(27-2)11-9-18)14-21(15-24)23(26)25-13-12-20(16-25)19-6-4-3-5-7-19/h3-11,14,17,20H,12-13,16H2,1-2H3/b21-14+. The van der Waals surface area contributed by atoms with Crippen molar-refractivity contribution >= 4 is 5.91 Å². The molecule has 1 amide bonds. The number of nitriles is 1. The van der Waals surface area contributed by atoms with Gasteiger partial charge in [-0.3, -0.25) is 4.79 Å². The Balaban J connectivity index is 1.70. The van der Waals surface area contributed by atoms with Crippen LogP contribution >= 0.6 is 0 Å². The van der Waals surface area contributed by atoms with E-state index in [4.69, 9.17) is 4.74 Å². The predicted molar refractivity (Wildman–Crippen MR) is 105 cm³/mol. The van der Waals surface area contributed by atoms with Gasteiger partial charge in [-0.25, -0.2) is 0 Å². The fourth-order valence-electron chi connectivity index (χ4n) is 3.52. The van der Waals surface area contributed by atoms with Gasteiger partial charge >= 0.3 is 0 Å². The average molecular weight is 360 g/mol. The van der Waals surface area contributed by atoms with Gasteiger partial charge in [-0.15, -0.1) is 0 Å². The molecule has 1 heterocycles. The van der Waals surface area contributed by atoms with Crippen LogP contribution in [0.4, 0.5) is 0 Å². The van der Waals surface area contributed by atoms with E-state index >= 15 is 0 Å². The predicted octanol–water partition coefficient (Wildman–Crippen LogP) is 4.26. The summed E-state index contributed by atoms with van der Waals surface area (Å²) in [5.41, 5.74) is 2.51. The van der Waals surface area contributed by atoms with Crippen LogP contribution in [0.1, 0.15) is 36.3 Å². The molecule has 0 radical (unpaired) electrons. The van der Waals surface area contributed by atoms with Crippen molar-refractivity contribution in [3.05, 3.63) is 77.4 Å². The molecule has 0 aromatic heterocycles. The number of methoxy groups -OCH3 is 1. The number of rotatable bonds is 5. The number of amides is 1. The van der Waals surface area contributed by atoms with Crippen LogP contribution in [0.3, 0.4) is 0 Å². The number of carbonyl (C=O) groups excluding carboxylic acids is 1. The molecule has 1 aliphatic heterocycles. The molecule has 4 nitrogen and oxygen atoms in total. The van der Waals surface area contributed by atoms with Crippen molar-refractivity contribution in [2.24, 2.45) is 0 Å². The minimum absolute atomic E-state index is 0.0259. The molecule has 0 spiro atoms. The molecule has 2 unspecified atom stereocenters. The number of likely N-dealkylation sites (tertiary alicyclic amines) is 1. The largest absolute Gasteiger partial charge is 0.497 e. The molecule has 2 aromatic carbocycles. The number of carbonyl (C=O) groups is 1. The fourth-order valence-corrected chi connectivity index (χ4v) is 3.52. The summed E-state index contributed by atoms with van der Waals surface area (Å²) >= 11 is 0.